The zero-order valence-corrected chi connectivity index (χ0v) is 12.1. The third-order valence-electron chi connectivity index (χ3n) is 3.48. The van der Waals surface area contributed by atoms with E-state index in [1.165, 1.54) is 6.92 Å². The highest BCUT2D eigenvalue weighted by molar-refractivity contribution is 6.10. The molecule has 4 heteroatoms. The van der Waals surface area contributed by atoms with Gasteiger partial charge in [0.1, 0.15) is 0 Å². The Balaban J connectivity index is 2.04. The summed E-state index contributed by atoms with van der Waals surface area (Å²) in [5.41, 5.74) is 2.05. The molecule has 3 rings (SSSR count). The maximum atomic E-state index is 12.9. The van der Waals surface area contributed by atoms with Crippen LogP contribution in [0.5, 0.6) is 0 Å². The Bertz CT molecular complexity index is 820. The van der Waals surface area contributed by atoms with E-state index in [9.17, 15) is 9.59 Å². The number of hydrogen-bond donors (Lipinski definition) is 1. The van der Waals surface area contributed by atoms with Gasteiger partial charge in [0.05, 0.1) is 0 Å². The van der Waals surface area contributed by atoms with E-state index >= 15 is 0 Å². The van der Waals surface area contributed by atoms with Crippen LogP contribution in [0.4, 0.5) is 0 Å². The SMILES string of the molecule is CC(=O)O[C@@H](C(=O)c1c[nH]c2ccccc12)c1ccccc1. The molecule has 22 heavy (non-hydrogen) atoms. The smallest absolute Gasteiger partial charge is 0.303 e. The van der Waals surface area contributed by atoms with Crippen LogP contribution >= 0.6 is 0 Å². The Kier molecular flexibility index (Phi) is 3.74. The topological polar surface area (TPSA) is 59.2 Å². The number of fused-ring (bicyclic) bond motifs is 1. The van der Waals surface area contributed by atoms with Gasteiger partial charge in [0.2, 0.25) is 5.78 Å². The molecule has 1 N–H and O–H groups in total. The lowest BCUT2D eigenvalue weighted by atomic mass is 9.99. The Hall–Kier alpha value is -2.88. The van der Waals surface area contributed by atoms with Crippen LogP contribution in [0.1, 0.15) is 28.9 Å². The lowest BCUT2D eigenvalue weighted by Gasteiger charge is -2.16. The molecule has 0 aliphatic heterocycles. The molecule has 0 saturated carbocycles. The minimum atomic E-state index is -0.932. The predicted molar refractivity (Wildman–Crippen MR) is 83.6 cm³/mol. The maximum Gasteiger partial charge on any atom is 0.303 e. The molecule has 0 radical (unpaired) electrons. The van der Waals surface area contributed by atoms with Crippen LogP contribution in [0.15, 0.2) is 60.8 Å². The molecule has 0 bridgehead atoms. The number of rotatable bonds is 4. The molecule has 0 spiro atoms. The number of H-pyrrole nitrogens is 1. The van der Waals surface area contributed by atoms with Gasteiger partial charge in [-0.05, 0) is 6.07 Å². The van der Waals surface area contributed by atoms with Gasteiger partial charge in [0, 0.05) is 35.2 Å². The van der Waals surface area contributed by atoms with Crippen molar-refractivity contribution in [2.75, 3.05) is 0 Å². The third-order valence-corrected chi connectivity index (χ3v) is 3.48. The molecule has 1 aromatic heterocycles. The minimum Gasteiger partial charge on any atom is -0.449 e. The summed E-state index contributed by atoms with van der Waals surface area (Å²) in [5.74, 6) is -0.721. The number of benzene rings is 2. The van der Waals surface area contributed by atoms with Crippen molar-refractivity contribution in [2.45, 2.75) is 13.0 Å². The maximum absolute atomic E-state index is 12.9. The van der Waals surface area contributed by atoms with E-state index in [1.807, 2.05) is 42.5 Å². The van der Waals surface area contributed by atoms with E-state index in [1.54, 1.807) is 18.3 Å². The number of carbonyl (C=O) groups is 2. The highest BCUT2D eigenvalue weighted by Crippen LogP contribution is 2.27. The fourth-order valence-electron chi connectivity index (χ4n) is 2.48. The number of esters is 1. The first kappa shape index (κ1) is 14.1. The van der Waals surface area contributed by atoms with Crippen LogP contribution in [0.25, 0.3) is 10.9 Å². The van der Waals surface area contributed by atoms with Crippen LogP contribution in [0.3, 0.4) is 0 Å². The number of ether oxygens (including phenoxy) is 1. The monoisotopic (exact) mass is 293 g/mol. The van der Waals surface area contributed by atoms with Crippen LogP contribution in [-0.2, 0) is 9.53 Å². The highest BCUT2D eigenvalue weighted by Gasteiger charge is 2.26. The zero-order chi connectivity index (χ0) is 15.5. The van der Waals surface area contributed by atoms with E-state index in [2.05, 4.69) is 4.98 Å². The Morgan fingerprint density at radius 3 is 2.41 bits per heavy atom. The number of hydrogen-bond acceptors (Lipinski definition) is 3. The van der Waals surface area contributed by atoms with Gasteiger partial charge in [0.15, 0.2) is 6.10 Å². The van der Waals surface area contributed by atoms with Crippen molar-refractivity contribution >= 4 is 22.7 Å². The van der Waals surface area contributed by atoms with Crippen molar-refractivity contribution in [3.63, 3.8) is 0 Å². The summed E-state index contributed by atoms with van der Waals surface area (Å²) >= 11 is 0. The number of Topliss-reactive ketones (excluding diaryl/α,β-unsaturated/α-hetero) is 1. The molecule has 0 aliphatic carbocycles. The number of para-hydroxylation sites is 1. The number of nitrogens with one attached hydrogen (secondary N) is 1. The van der Waals surface area contributed by atoms with Gasteiger partial charge in [-0.25, -0.2) is 0 Å². The molecule has 0 unspecified atom stereocenters. The molecular weight excluding hydrogens is 278 g/mol. The zero-order valence-electron chi connectivity index (χ0n) is 12.1. The third kappa shape index (κ3) is 2.63. The van der Waals surface area contributed by atoms with Crippen molar-refractivity contribution in [3.8, 4) is 0 Å². The average molecular weight is 293 g/mol. The number of aromatic nitrogens is 1. The van der Waals surface area contributed by atoms with Crippen molar-refractivity contribution < 1.29 is 14.3 Å². The largest absolute Gasteiger partial charge is 0.449 e. The summed E-state index contributed by atoms with van der Waals surface area (Å²) in [6, 6.07) is 16.6. The van der Waals surface area contributed by atoms with E-state index in [-0.39, 0.29) is 5.78 Å². The molecule has 0 fully saturated rings. The van der Waals surface area contributed by atoms with E-state index in [4.69, 9.17) is 4.74 Å². The standard InChI is InChI=1S/C18H15NO3/c1-12(20)22-18(13-7-3-2-4-8-13)17(21)15-11-19-16-10-6-5-9-14(15)16/h2-11,18-19H,1H3/t18-/m1/s1. The van der Waals surface area contributed by atoms with Gasteiger partial charge in [-0.1, -0.05) is 48.5 Å². The lowest BCUT2D eigenvalue weighted by Crippen LogP contribution is -2.18. The summed E-state index contributed by atoms with van der Waals surface area (Å²) < 4.78 is 5.27. The van der Waals surface area contributed by atoms with Gasteiger partial charge >= 0.3 is 5.97 Å². The summed E-state index contributed by atoms with van der Waals surface area (Å²) in [6.45, 7) is 1.30. The van der Waals surface area contributed by atoms with Gasteiger partial charge in [0.25, 0.3) is 0 Å². The van der Waals surface area contributed by atoms with E-state index < -0.39 is 12.1 Å². The first-order valence-corrected chi connectivity index (χ1v) is 6.99. The van der Waals surface area contributed by atoms with E-state index in [0.717, 1.165) is 10.9 Å². The Morgan fingerprint density at radius 2 is 1.68 bits per heavy atom. The van der Waals surface area contributed by atoms with Crippen molar-refractivity contribution in [2.24, 2.45) is 0 Å². The first-order chi connectivity index (χ1) is 10.7. The van der Waals surface area contributed by atoms with Crippen LogP contribution < -0.4 is 0 Å². The van der Waals surface area contributed by atoms with Crippen molar-refractivity contribution in [3.05, 3.63) is 71.9 Å². The molecule has 0 amide bonds. The lowest BCUT2D eigenvalue weighted by molar-refractivity contribution is -0.144. The number of ketones is 1. The van der Waals surface area contributed by atoms with Gasteiger partial charge in [-0.2, -0.15) is 0 Å². The molecule has 110 valence electrons. The number of aromatic amines is 1. The van der Waals surface area contributed by atoms with Gasteiger partial charge < -0.3 is 9.72 Å². The normalized spacial score (nSPS) is 12.0. The fraction of sp³-hybridized carbons (Fsp3) is 0.111. The van der Waals surface area contributed by atoms with Crippen LogP contribution in [0.2, 0.25) is 0 Å². The molecule has 0 saturated heterocycles. The Morgan fingerprint density at radius 1 is 1.00 bits per heavy atom. The quantitative estimate of drug-likeness (QED) is 0.590. The molecular formula is C18H15NO3. The second-order valence-corrected chi connectivity index (χ2v) is 5.01. The summed E-state index contributed by atoms with van der Waals surface area (Å²) in [6.07, 6.45) is 0.727. The second kappa shape index (κ2) is 5.85. The summed E-state index contributed by atoms with van der Waals surface area (Å²) in [5, 5.41) is 0.820. The minimum absolute atomic E-state index is 0.237. The summed E-state index contributed by atoms with van der Waals surface area (Å²) in [7, 11) is 0. The second-order valence-electron chi connectivity index (χ2n) is 5.01. The van der Waals surface area contributed by atoms with Crippen LogP contribution in [-0.4, -0.2) is 16.7 Å². The average Bonchev–Trinajstić information content (AvgIpc) is 2.97. The molecule has 1 heterocycles. The number of carbonyl (C=O) groups excluding carboxylic acids is 2. The molecule has 2 aromatic carbocycles. The molecule has 4 nitrogen and oxygen atoms in total. The van der Waals surface area contributed by atoms with Gasteiger partial charge in [-0.3, -0.25) is 9.59 Å². The Labute approximate surface area is 127 Å². The predicted octanol–water partition coefficient (Wildman–Crippen LogP) is 3.66. The molecule has 0 aliphatic rings. The van der Waals surface area contributed by atoms with Crippen molar-refractivity contribution in [1.29, 1.82) is 0 Å². The van der Waals surface area contributed by atoms with E-state index in [0.29, 0.717) is 11.1 Å². The van der Waals surface area contributed by atoms with Crippen LogP contribution in [0, 0.1) is 0 Å². The fourth-order valence-corrected chi connectivity index (χ4v) is 2.48. The molecule has 1 atom stereocenters. The van der Waals surface area contributed by atoms with Gasteiger partial charge in [-0.15, -0.1) is 0 Å². The van der Waals surface area contributed by atoms with Crippen molar-refractivity contribution in [1.82, 2.24) is 4.98 Å². The first-order valence-electron chi connectivity index (χ1n) is 6.99. The summed E-state index contributed by atoms with van der Waals surface area (Å²) in [4.78, 5) is 27.3. The molecule has 3 aromatic rings. The highest BCUT2D eigenvalue weighted by atomic mass is 16.5.